The summed E-state index contributed by atoms with van der Waals surface area (Å²) in [6, 6.07) is 0. The monoisotopic (exact) mass is 190 g/mol. The number of halogens is 2. The first-order chi connectivity index (χ1) is 5.87. The van der Waals surface area contributed by atoms with Crippen molar-refractivity contribution in [1.82, 2.24) is 0 Å². The third-order valence-corrected chi connectivity index (χ3v) is 3.18. The average molecular weight is 190 g/mol. The van der Waals surface area contributed by atoms with E-state index >= 15 is 0 Å². The first-order valence-electron chi connectivity index (χ1n) is 4.15. The number of rotatable bonds is 1. The highest BCUT2D eigenvalue weighted by Gasteiger charge is 2.71. The van der Waals surface area contributed by atoms with Gasteiger partial charge in [0.15, 0.2) is 0 Å². The van der Waals surface area contributed by atoms with Crippen molar-refractivity contribution in [3.8, 4) is 0 Å². The lowest BCUT2D eigenvalue weighted by Gasteiger charge is -2.56. The zero-order valence-electron chi connectivity index (χ0n) is 6.83. The van der Waals surface area contributed by atoms with Crippen molar-refractivity contribution in [2.45, 2.75) is 31.0 Å². The molecule has 2 fully saturated rings. The molecule has 72 valence electrons. The lowest BCUT2D eigenvalue weighted by atomic mass is 9.38. The molecule has 0 heterocycles. The molecule has 2 saturated carbocycles. The van der Waals surface area contributed by atoms with Crippen molar-refractivity contribution in [3.05, 3.63) is 0 Å². The molecule has 0 radical (unpaired) electrons. The third kappa shape index (κ3) is 1.05. The first-order valence-corrected chi connectivity index (χ1v) is 4.15. The summed E-state index contributed by atoms with van der Waals surface area (Å²) in [5.74, 6) is -3.72. The van der Waals surface area contributed by atoms with Gasteiger partial charge in [0, 0.05) is 30.5 Å². The first kappa shape index (κ1) is 9.08. The fourth-order valence-electron chi connectivity index (χ4n) is 2.40. The molecule has 1 atom stereocenters. The minimum atomic E-state index is -2.79. The molecule has 0 amide bonds. The Hall–Kier alpha value is -0.485. The molecule has 0 aromatic carbocycles. The van der Waals surface area contributed by atoms with Gasteiger partial charge in [0.2, 0.25) is 5.92 Å². The van der Waals surface area contributed by atoms with Gasteiger partial charge in [0.1, 0.15) is 5.78 Å². The molecular formula is C7H9BF2O3. The van der Waals surface area contributed by atoms with Gasteiger partial charge in [-0.15, -0.1) is 0 Å². The maximum absolute atomic E-state index is 12.5. The quantitative estimate of drug-likeness (QED) is 0.581. The molecule has 2 N–H and O–H groups in total. The molecule has 0 saturated heterocycles. The fraction of sp³-hybridized carbons (Fsp3) is 0.857. The van der Waals surface area contributed by atoms with Gasteiger partial charge in [-0.1, -0.05) is 0 Å². The van der Waals surface area contributed by atoms with Crippen LogP contribution in [0.3, 0.4) is 0 Å². The van der Waals surface area contributed by atoms with E-state index in [1.165, 1.54) is 0 Å². The molecule has 1 unspecified atom stereocenters. The summed E-state index contributed by atoms with van der Waals surface area (Å²) in [6.07, 6.45) is -1.00. The minimum absolute atomic E-state index is 0.0216. The summed E-state index contributed by atoms with van der Waals surface area (Å²) in [5.41, 5.74) is -1.11. The van der Waals surface area contributed by atoms with Crippen molar-refractivity contribution in [2.75, 3.05) is 0 Å². The van der Waals surface area contributed by atoms with Crippen molar-refractivity contribution in [2.24, 2.45) is 5.41 Å². The summed E-state index contributed by atoms with van der Waals surface area (Å²) < 4.78 is 25.1. The van der Waals surface area contributed by atoms with Gasteiger partial charge >= 0.3 is 7.12 Å². The van der Waals surface area contributed by atoms with E-state index in [1.807, 2.05) is 0 Å². The summed E-state index contributed by atoms with van der Waals surface area (Å²) in [7, 11) is -1.64. The Kier molecular flexibility index (Phi) is 1.61. The lowest BCUT2D eigenvalue weighted by Crippen LogP contribution is -2.63. The highest BCUT2D eigenvalue weighted by Crippen LogP contribution is 2.66. The molecule has 1 spiro atoms. The van der Waals surface area contributed by atoms with E-state index < -0.39 is 37.1 Å². The van der Waals surface area contributed by atoms with E-state index in [-0.39, 0.29) is 12.2 Å². The van der Waals surface area contributed by atoms with Gasteiger partial charge in [-0.05, 0) is 0 Å². The Bertz CT molecular complexity index is 258. The van der Waals surface area contributed by atoms with Crippen LogP contribution in [-0.2, 0) is 4.79 Å². The second kappa shape index (κ2) is 2.30. The summed E-state index contributed by atoms with van der Waals surface area (Å²) in [4.78, 5) is 11.1. The van der Waals surface area contributed by atoms with Crippen LogP contribution in [-0.4, -0.2) is 28.9 Å². The van der Waals surface area contributed by atoms with Crippen LogP contribution in [0.4, 0.5) is 8.78 Å². The number of carbonyl (C=O) groups is 1. The molecule has 0 aliphatic heterocycles. The summed E-state index contributed by atoms with van der Waals surface area (Å²) >= 11 is 0. The Morgan fingerprint density at radius 2 is 1.92 bits per heavy atom. The van der Waals surface area contributed by atoms with E-state index in [2.05, 4.69) is 0 Å². The largest absolute Gasteiger partial charge is 0.456 e. The van der Waals surface area contributed by atoms with Gasteiger partial charge in [-0.2, -0.15) is 0 Å². The summed E-state index contributed by atoms with van der Waals surface area (Å²) in [5, 5.41) is 17.6. The van der Waals surface area contributed by atoms with E-state index in [4.69, 9.17) is 10.0 Å². The van der Waals surface area contributed by atoms with Crippen LogP contribution in [0.15, 0.2) is 0 Å². The number of hydrogen-bond acceptors (Lipinski definition) is 3. The molecule has 3 nitrogen and oxygen atoms in total. The lowest BCUT2D eigenvalue weighted by molar-refractivity contribution is -0.196. The second-order valence-corrected chi connectivity index (χ2v) is 4.01. The highest BCUT2D eigenvalue weighted by atomic mass is 19.3. The van der Waals surface area contributed by atoms with Crippen molar-refractivity contribution < 1.29 is 23.6 Å². The normalized spacial score (nSPS) is 33.8. The number of alkyl halides is 2. The second-order valence-electron chi connectivity index (χ2n) is 4.01. The third-order valence-electron chi connectivity index (χ3n) is 3.18. The van der Waals surface area contributed by atoms with Crippen LogP contribution in [0.25, 0.3) is 0 Å². The molecular weight excluding hydrogens is 181 g/mol. The molecule has 0 aromatic heterocycles. The van der Waals surface area contributed by atoms with Crippen LogP contribution >= 0.6 is 0 Å². The maximum atomic E-state index is 12.5. The molecule has 2 rings (SSSR count). The summed E-state index contributed by atoms with van der Waals surface area (Å²) in [6.45, 7) is 0. The smallest absolute Gasteiger partial charge is 0.427 e. The number of hydrogen-bond donors (Lipinski definition) is 2. The van der Waals surface area contributed by atoms with E-state index in [0.717, 1.165) is 0 Å². The van der Waals surface area contributed by atoms with Gasteiger partial charge in [0.05, 0.1) is 0 Å². The number of carbonyl (C=O) groups excluding carboxylic acids is 1. The highest BCUT2D eigenvalue weighted by molar-refractivity contribution is 6.46. The zero-order chi connectivity index (χ0) is 9.85. The van der Waals surface area contributed by atoms with E-state index in [0.29, 0.717) is 0 Å². The van der Waals surface area contributed by atoms with Gasteiger partial charge in [-0.3, -0.25) is 4.79 Å². The molecule has 2 aliphatic rings. The zero-order valence-corrected chi connectivity index (χ0v) is 6.83. The topological polar surface area (TPSA) is 57.5 Å². The SMILES string of the molecule is O=C1CC(B(O)O)C12CC(F)(F)C2. The Labute approximate surface area is 73.9 Å². The Morgan fingerprint density at radius 3 is 2.23 bits per heavy atom. The van der Waals surface area contributed by atoms with Crippen LogP contribution in [0, 0.1) is 5.41 Å². The molecule has 0 aromatic rings. The van der Waals surface area contributed by atoms with E-state index in [9.17, 15) is 13.6 Å². The molecule has 2 aliphatic carbocycles. The van der Waals surface area contributed by atoms with Crippen LogP contribution in [0.2, 0.25) is 5.82 Å². The van der Waals surface area contributed by atoms with Gasteiger partial charge in [-0.25, -0.2) is 8.78 Å². The minimum Gasteiger partial charge on any atom is -0.427 e. The maximum Gasteiger partial charge on any atom is 0.456 e. The van der Waals surface area contributed by atoms with Crippen molar-refractivity contribution in [1.29, 1.82) is 0 Å². The predicted molar refractivity (Wildman–Crippen MR) is 40.2 cm³/mol. The molecule has 6 heteroatoms. The van der Waals surface area contributed by atoms with Gasteiger partial charge < -0.3 is 10.0 Å². The van der Waals surface area contributed by atoms with Gasteiger partial charge in [0.25, 0.3) is 0 Å². The standard InChI is InChI=1S/C7H9BF2O3/c9-7(10)2-6(3-7)4(8(12)13)1-5(6)11/h4,12-13H,1-3H2. The fourth-order valence-corrected chi connectivity index (χ4v) is 2.40. The van der Waals surface area contributed by atoms with Crippen LogP contribution in [0.5, 0.6) is 0 Å². The molecule has 0 bridgehead atoms. The van der Waals surface area contributed by atoms with E-state index in [1.54, 1.807) is 0 Å². The van der Waals surface area contributed by atoms with Crippen molar-refractivity contribution in [3.63, 3.8) is 0 Å². The predicted octanol–water partition coefficient (Wildman–Crippen LogP) is 0.218. The molecule has 13 heavy (non-hydrogen) atoms. The Balaban J connectivity index is 2.11. The average Bonchev–Trinajstić information content (AvgIpc) is 1.94. The Morgan fingerprint density at radius 1 is 1.38 bits per heavy atom. The van der Waals surface area contributed by atoms with Crippen LogP contribution < -0.4 is 0 Å². The number of Topliss-reactive ketones (excluding diaryl/α,β-unsaturated/α-hetero) is 1. The van der Waals surface area contributed by atoms with Crippen LogP contribution in [0.1, 0.15) is 19.3 Å². The van der Waals surface area contributed by atoms with Crippen molar-refractivity contribution >= 4 is 12.9 Å². The number of ketones is 1.